The molecule has 0 saturated heterocycles. The molecule has 0 aliphatic rings. The van der Waals surface area contributed by atoms with Crippen LogP contribution in [0.1, 0.15) is 12.5 Å². The zero-order chi connectivity index (χ0) is 11.0. The highest BCUT2D eigenvalue weighted by Gasteiger charge is 2.24. The topological polar surface area (TPSA) is 60.2 Å². The Hall–Kier alpha value is -1.01. The number of halogens is 2. The fraction of sp³-hybridized carbons (Fsp3) is 0.250. The van der Waals surface area contributed by atoms with E-state index in [4.69, 9.17) is 5.14 Å². The minimum atomic E-state index is -3.81. The molecule has 0 saturated carbocycles. The van der Waals surface area contributed by atoms with Gasteiger partial charge in [0.2, 0.25) is 10.0 Å². The lowest BCUT2D eigenvalue weighted by atomic mass is 10.1. The Bertz CT molecular complexity index is 420. The highest BCUT2D eigenvalue weighted by atomic mass is 32.2. The molecule has 0 aromatic heterocycles. The first kappa shape index (κ1) is 11.1. The smallest absolute Gasteiger partial charge is 0.225 e. The van der Waals surface area contributed by atoms with Gasteiger partial charge in [0.25, 0.3) is 5.92 Å². The average molecular weight is 221 g/mol. The Kier molecular flexibility index (Phi) is 2.60. The number of rotatable bonds is 2. The molecule has 1 aromatic carbocycles. The van der Waals surface area contributed by atoms with E-state index in [1.807, 2.05) is 0 Å². The lowest BCUT2D eigenvalue weighted by Gasteiger charge is -2.10. The van der Waals surface area contributed by atoms with Crippen molar-refractivity contribution in [1.82, 2.24) is 0 Å². The summed E-state index contributed by atoms with van der Waals surface area (Å²) < 4.78 is 47.0. The summed E-state index contributed by atoms with van der Waals surface area (Å²) in [6.07, 6.45) is 0. The van der Waals surface area contributed by atoms with E-state index in [9.17, 15) is 17.2 Å². The average Bonchev–Trinajstić information content (AvgIpc) is 2.01. The second kappa shape index (κ2) is 3.29. The van der Waals surface area contributed by atoms with Gasteiger partial charge >= 0.3 is 0 Å². The van der Waals surface area contributed by atoms with Crippen molar-refractivity contribution in [3.8, 4) is 0 Å². The predicted molar refractivity (Wildman–Crippen MR) is 47.4 cm³/mol. The Labute approximate surface area is 80.6 Å². The molecule has 1 aromatic rings. The van der Waals surface area contributed by atoms with E-state index >= 15 is 0 Å². The Morgan fingerprint density at radius 1 is 1.21 bits per heavy atom. The van der Waals surface area contributed by atoms with Crippen molar-refractivity contribution < 1.29 is 17.2 Å². The molecule has 1 rings (SSSR count). The van der Waals surface area contributed by atoms with Gasteiger partial charge < -0.3 is 0 Å². The summed E-state index contributed by atoms with van der Waals surface area (Å²) in [5.41, 5.74) is -0.245. The van der Waals surface area contributed by atoms with Crippen LogP contribution in [-0.2, 0) is 15.9 Å². The lowest BCUT2D eigenvalue weighted by molar-refractivity contribution is 0.0174. The molecule has 0 amide bonds. The molecule has 2 N–H and O–H groups in total. The van der Waals surface area contributed by atoms with E-state index in [1.54, 1.807) is 0 Å². The van der Waals surface area contributed by atoms with Crippen molar-refractivity contribution in [2.75, 3.05) is 0 Å². The van der Waals surface area contributed by atoms with Gasteiger partial charge in [-0.15, -0.1) is 0 Å². The van der Waals surface area contributed by atoms with Crippen LogP contribution in [-0.4, -0.2) is 8.42 Å². The van der Waals surface area contributed by atoms with Gasteiger partial charge in [0, 0.05) is 12.5 Å². The first-order valence-electron chi connectivity index (χ1n) is 3.72. The predicted octanol–water partition coefficient (Wildman–Crippen LogP) is 1.45. The zero-order valence-corrected chi connectivity index (χ0v) is 8.18. The summed E-state index contributed by atoms with van der Waals surface area (Å²) in [4.78, 5) is -0.175. The molecule has 0 spiro atoms. The van der Waals surface area contributed by atoms with Crippen LogP contribution in [0.15, 0.2) is 29.2 Å². The number of hydrogen-bond donors (Lipinski definition) is 1. The lowest BCUT2D eigenvalue weighted by Crippen LogP contribution is -2.13. The summed E-state index contributed by atoms with van der Waals surface area (Å²) >= 11 is 0. The van der Waals surface area contributed by atoms with Crippen LogP contribution >= 0.6 is 0 Å². The molecule has 0 bridgehead atoms. The maximum Gasteiger partial charge on any atom is 0.270 e. The summed E-state index contributed by atoms with van der Waals surface area (Å²) in [5.74, 6) is -2.98. The third-order valence-electron chi connectivity index (χ3n) is 1.69. The van der Waals surface area contributed by atoms with Crippen LogP contribution in [0.25, 0.3) is 0 Å². The molecule has 6 heteroatoms. The molecular formula is C8H9F2NO2S. The SMILES string of the molecule is CC(F)(F)c1ccc(S(N)(=O)=O)cc1. The number of hydrogen-bond acceptors (Lipinski definition) is 2. The monoisotopic (exact) mass is 221 g/mol. The van der Waals surface area contributed by atoms with E-state index in [1.165, 1.54) is 0 Å². The highest BCUT2D eigenvalue weighted by Crippen LogP contribution is 2.27. The quantitative estimate of drug-likeness (QED) is 0.821. The molecule has 3 nitrogen and oxygen atoms in total. The Morgan fingerprint density at radius 3 is 1.93 bits per heavy atom. The first-order valence-corrected chi connectivity index (χ1v) is 5.27. The third-order valence-corrected chi connectivity index (χ3v) is 2.62. The molecule has 0 atom stereocenters. The van der Waals surface area contributed by atoms with Gasteiger partial charge in [0.05, 0.1) is 4.90 Å². The standard InChI is InChI=1S/C8H9F2NO2S/c1-8(9,10)6-2-4-7(5-3-6)14(11,12)13/h2-5H,1H3,(H2,11,12,13). The van der Waals surface area contributed by atoms with Crippen molar-refractivity contribution >= 4 is 10.0 Å². The van der Waals surface area contributed by atoms with Crippen LogP contribution in [0, 0.1) is 0 Å². The van der Waals surface area contributed by atoms with E-state index in [0.717, 1.165) is 31.2 Å². The van der Waals surface area contributed by atoms with Crippen molar-refractivity contribution in [3.63, 3.8) is 0 Å². The largest absolute Gasteiger partial charge is 0.270 e. The molecule has 0 aliphatic heterocycles. The highest BCUT2D eigenvalue weighted by molar-refractivity contribution is 7.89. The fourth-order valence-electron chi connectivity index (χ4n) is 0.937. The van der Waals surface area contributed by atoms with E-state index in [2.05, 4.69) is 0 Å². The second-order valence-electron chi connectivity index (χ2n) is 2.96. The second-order valence-corrected chi connectivity index (χ2v) is 4.52. The number of nitrogens with two attached hydrogens (primary N) is 1. The zero-order valence-electron chi connectivity index (χ0n) is 7.37. The van der Waals surface area contributed by atoms with Crippen LogP contribution in [0.5, 0.6) is 0 Å². The van der Waals surface area contributed by atoms with Gasteiger partial charge in [0.1, 0.15) is 0 Å². The Morgan fingerprint density at radius 2 is 1.64 bits per heavy atom. The van der Waals surface area contributed by atoms with Crippen LogP contribution in [0.4, 0.5) is 8.78 Å². The molecule has 14 heavy (non-hydrogen) atoms. The van der Waals surface area contributed by atoms with Crippen LogP contribution in [0.2, 0.25) is 0 Å². The van der Waals surface area contributed by atoms with Crippen LogP contribution < -0.4 is 5.14 Å². The summed E-state index contributed by atoms with van der Waals surface area (Å²) in [5, 5.41) is 4.80. The van der Waals surface area contributed by atoms with Crippen molar-refractivity contribution in [2.24, 2.45) is 5.14 Å². The number of primary sulfonamides is 1. The van der Waals surface area contributed by atoms with Crippen molar-refractivity contribution in [2.45, 2.75) is 17.7 Å². The van der Waals surface area contributed by atoms with Crippen molar-refractivity contribution in [1.29, 1.82) is 0 Å². The number of sulfonamides is 1. The van der Waals surface area contributed by atoms with Gasteiger partial charge in [-0.3, -0.25) is 0 Å². The Balaban J connectivity index is 3.14. The molecule has 0 aliphatic carbocycles. The fourth-order valence-corrected chi connectivity index (χ4v) is 1.45. The van der Waals surface area contributed by atoms with E-state index in [-0.39, 0.29) is 10.5 Å². The summed E-state index contributed by atoms with van der Waals surface area (Å²) in [6.45, 7) is 0.735. The van der Waals surface area contributed by atoms with E-state index < -0.39 is 15.9 Å². The maximum absolute atomic E-state index is 12.7. The maximum atomic E-state index is 12.7. The summed E-state index contributed by atoms with van der Waals surface area (Å²) in [6, 6.07) is 4.20. The third kappa shape index (κ3) is 2.49. The van der Waals surface area contributed by atoms with Crippen LogP contribution in [0.3, 0.4) is 0 Å². The number of alkyl halides is 2. The van der Waals surface area contributed by atoms with Gasteiger partial charge in [-0.2, -0.15) is 0 Å². The molecule has 0 radical (unpaired) electrons. The molecule has 0 unspecified atom stereocenters. The van der Waals surface area contributed by atoms with E-state index in [0.29, 0.717) is 0 Å². The molecule has 78 valence electrons. The molecule has 0 fully saturated rings. The minimum absolute atomic E-state index is 0.175. The minimum Gasteiger partial charge on any atom is -0.225 e. The van der Waals surface area contributed by atoms with Gasteiger partial charge in [-0.1, -0.05) is 12.1 Å². The van der Waals surface area contributed by atoms with Gasteiger partial charge in [0.15, 0.2) is 0 Å². The summed E-state index contributed by atoms with van der Waals surface area (Å²) in [7, 11) is -3.81. The first-order chi connectivity index (χ1) is 6.21. The van der Waals surface area contributed by atoms with Crippen molar-refractivity contribution in [3.05, 3.63) is 29.8 Å². The molecular weight excluding hydrogens is 212 g/mol. The number of benzene rings is 1. The normalized spacial score (nSPS) is 12.9. The molecule has 0 heterocycles. The van der Waals surface area contributed by atoms with Gasteiger partial charge in [-0.05, 0) is 12.1 Å². The van der Waals surface area contributed by atoms with Gasteiger partial charge in [-0.25, -0.2) is 22.3 Å².